The number of amides is 4. The Morgan fingerprint density at radius 1 is 0.970 bits per heavy atom. The lowest BCUT2D eigenvalue weighted by molar-refractivity contribution is -0.140. The van der Waals surface area contributed by atoms with Gasteiger partial charge in [0, 0.05) is 45.3 Å². The summed E-state index contributed by atoms with van der Waals surface area (Å²) >= 11 is 0. The first kappa shape index (κ1) is 23.5. The van der Waals surface area contributed by atoms with Gasteiger partial charge in [-0.2, -0.15) is 0 Å². The Hall–Kier alpha value is -2.70. The first-order chi connectivity index (χ1) is 16.0. The van der Waals surface area contributed by atoms with E-state index in [9.17, 15) is 19.2 Å². The fourth-order valence-corrected chi connectivity index (χ4v) is 5.89. The van der Waals surface area contributed by atoms with Gasteiger partial charge in [0.15, 0.2) is 0 Å². The summed E-state index contributed by atoms with van der Waals surface area (Å²) in [4.78, 5) is 55.2. The molecule has 4 amide bonds. The van der Waals surface area contributed by atoms with Gasteiger partial charge in [0.1, 0.15) is 0 Å². The van der Waals surface area contributed by atoms with Crippen molar-refractivity contribution in [1.29, 1.82) is 0 Å². The molecule has 3 saturated heterocycles. The number of hydrogen-bond acceptors (Lipinski definition) is 4. The van der Waals surface area contributed by atoms with Crippen molar-refractivity contribution in [2.75, 3.05) is 13.1 Å². The highest BCUT2D eigenvalue weighted by molar-refractivity contribution is 6.01. The summed E-state index contributed by atoms with van der Waals surface area (Å²) in [5.41, 5.74) is 1.19. The predicted molar refractivity (Wildman–Crippen MR) is 124 cm³/mol. The second-order valence-corrected chi connectivity index (χ2v) is 9.62. The summed E-state index contributed by atoms with van der Waals surface area (Å²) < 4.78 is 0. The highest BCUT2D eigenvalue weighted by Crippen LogP contribution is 2.36. The summed E-state index contributed by atoms with van der Waals surface area (Å²) in [6, 6.07) is 10.4. The molecule has 4 rings (SSSR count). The zero-order chi connectivity index (χ0) is 23.4. The van der Waals surface area contributed by atoms with Gasteiger partial charge in [0.05, 0.1) is 12.1 Å². The number of imide groups is 1. The van der Waals surface area contributed by atoms with Crippen LogP contribution in [0.4, 0.5) is 0 Å². The molecule has 3 atom stereocenters. The van der Waals surface area contributed by atoms with E-state index in [1.165, 1.54) is 10.5 Å². The summed E-state index contributed by atoms with van der Waals surface area (Å²) in [6.45, 7) is 2.71. The molecule has 1 aromatic carbocycles. The summed E-state index contributed by atoms with van der Waals surface area (Å²) in [7, 11) is 0. The Balaban J connectivity index is 1.51. The summed E-state index contributed by atoms with van der Waals surface area (Å²) in [6.07, 6.45) is 6.98. The first-order valence-corrected chi connectivity index (χ1v) is 12.4. The Kier molecular flexibility index (Phi) is 7.46. The Labute approximate surface area is 196 Å². The normalized spacial score (nSPS) is 25.7. The lowest BCUT2D eigenvalue weighted by Gasteiger charge is -2.37. The highest BCUT2D eigenvalue weighted by Gasteiger charge is 2.46. The van der Waals surface area contributed by atoms with Crippen LogP contribution in [0.3, 0.4) is 0 Å². The quantitative estimate of drug-likeness (QED) is 0.621. The van der Waals surface area contributed by atoms with Gasteiger partial charge in [-0.3, -0.25) is 24.1 Å². The molecule has 7 heteroatoms. The molecule has 3 fully saturated rings. The van der Waals surface area contributed by atoms with Crippen LogP contribution in [-0.2, 0) is 25.6 Å². The number of rotatable bonds is 6. The molecule has 3 aliphatic rings. The minimum atomic E-state index is -0.132. The SMILES string of the molecule is CC(=O)N1CCCCC[C@@H]2[C@@H]1C[C@@H](Cc1ccccc1)N2C(=O)CCCN1C(=O)CCC1=O. The summed E-state index contributed by atoms with van der Waals surface area (Å²) in [5.74, 6) is -0.0992. The average Bonchev–Trinajstić information content (AvgIpc) is 3.28. The molecular weight excluding hydrogens is 418 g/mol. The van der Waals surface area contributed by atoms with E-state index in [1.807, 2.05) is 23.1 Å². The first-order valence-electron chi connectivity index (χ1n) is 12.4. The van der Waals surface area contributed by atoms with Crippen molar-refractivity contribution in [3.05, 3.63) is 35.9 Å². The number of carbonyl (C=O) groups excluding carboxylic acids is 4. The van der Waals surface area contributed by atoms with Gasteiger partial charge in [-0.1, -0.05) is 43.2 Å². The third kappa shape index (κ3) is 5.28. The van der Waals surface area contributed by atoms with Crippen LogP contribution in [0.1, 0.15) is 70.3 Å². The van der Waals surface area contributed by atoms with Crippen molar-refractivity contribution >= 4 is 23.6 Å². The number of benzene rings is 1. The smallest absolute Gasteiger partial charge is 0.229 e. The second kappa shape index (κ2) is 10.5. The molecule has 33 heavy (non-hydrogen) atoms. The molecule has 3 aliphatic heterocycles. The molecule has 0 bridgehead atoms. The van der Waals surface area contributed by atoms with Gasteiger partial charge >= 0.3 is 0 Å². The molecule has 1 aromatic rings. The van der Waals surface area contributed by atoms with Crippen molar-refractivity contribution in [2.24, 2.45) is 0 Å². The van der Waals surface area contributed by atoms with Crippen molar-refractivity contribution in [1.82, 2.24) is 14.7 Å². The fraction of sp³-hybridized carbons (Fsp3) is 0.615. The highest BCUT2D eigenvalue weighted by atomic mass is 16.2. The number of fused-ring (bicyclic) bond motifs is 1. The van der Waals surface area contributed by atoms with Gasteiger partial charge < -0.3 is 9.80 Å². The maximum Gasteiger partial charge on any atom is 0.229 e. The molecule has 0 N–H and O–H groups in total. The van der Waals surface area contributed by atoms with Crippen LogP contribution in [0.2, 0.25) is 0 Å². The van der Waals surface area contributed by atoms with Crippen LogP contribution in [0.15, 0.2) is 30.3 Å². The van der Waals surface area contributed by atoms with Crippen LogP contribution >= 0.6 is 0 Å². The molecule has 0 aliphatic carbocycles. The van der Waals surface area contributed by atoms with Crippen LogP contribution in [-0.4, -0.2) is 69.5 Å². The molecule has 0 radical (unpaired) electrons. The van der Waals surface area contributed by atoms with E-state index in [1.54, 1.807) is 6.92 Å². The molecule has 0 unspecified atom stereocenters. The Morgan fingerprint density at radius 3 is 2.39 bits per heavy atom. The largest absolute Gasteiger partial charge is 0.338 e. The Morgan fingerprint density at radius 2 is 1.70 bits per heavy atom. The molecule has 7 nitrogen and oxygen atoms in total. The second-order valence-electron chi connectivity index (χ2n) is 9.62. The lowest BCUT2D eigenvalue weighted by atomic mass is 9.96. The molecule has 0 saturated carbocycles. The zero-order valence-corrected chi connectivity index (χ0v) is 19.6. The summed E-state index contributed by atoms with van der Waals surface area (Å²) in [5, 5.41) is 0. The van der Waals surface area contributed by atoms with Crippen LogP contribution < -0.4 is 0 Å². The van der Waals surface area contributed by atoms with E-state index in [0.29, 0.717) is 19.4 Å². The van der Waals surface area contributed by atoms with E-state index in [4.69, 9.17) is 0 Å². The fourth-order valence-electron chi connectivity index (χ4n) is 5.89. The zero-order valence-electron chi connectivity index (χ0n) is 19.6. The topological polar surface area (TPSA) is 78.0 Å². The standard InChI is InChI=1S/C26H35N3O4/c1-19(30)27-15-7-3-6-11-22-23(27)18-21(17-20-9-4-2-5-10-20)29(22)26(33)12-8-16-28-24(31)13-14-25(28)32/h2,4-5,9-10,21-23H,3,6-8,11-18H2,1H3/t21-,22-,23+/m1/s1. The number of carbonyl (C=O) groups is 4. The van der Waals surface area contributed by atoms with Gasteiger partial charge in [0.2, 0.25) is 23.6 Å². The van der Waals surface area contributed by atoms with Gasteiger partial charge in [0.25, 0.3) is 0 Å². The monoisotopic (exact) mass is 453 g/mol. The molecule has 0 aromatic heterocycles. The van der Waals surface area contributed by atoms with Crippen molar-refractivity contribution in [2.45, 2.75) is 89.3 Å². The third-order valence-electron chi connectivity index (χ3n) is 7.44. The maximum absolute atomic E-state index is 13.5. The van der Waals surface area contributed by atoms with E-state index >= 15 is 0 Å². The van der Waals surface area contributed by atoms with Crippen LogP contribution in [0.25, 0.3) is 0 Å². The van der Waals surface area contributed by atoms with Crippen LogP contribution in [0, 0.1) is 0 Å². The van der Waals surface area contributed by atoms with E-state index in [0.717, 1.165) is 45.1 Å². The minimum Gasteiger partial charge on any atom is -0.338 e. The predicted octanol–water partition coefficient (Wildman–Crippen LogP) is 2.92. The van der Waals surface area contributed by atoms with E-state index in [-0.39, 0.29) is 54.6 Å². The molecule has 3 heterocycles. The number of nitrogens with zero attached hydrogens (tertiary/aromatic N) is 3. The van der Waals surface area contributed by atoms with Crippen LogP contribution in [0.5, 0.6) is 0 Å². The third-order valence-corrected chi connectivity index (χ3v) is 7.44. The number of hydrogen-bond donors (Lipinski definition) is 0. The van der Waals surface area contributed by atoms with Crippen molar-refractivity contribution in [3.63, 3.8) is 0 Å². The molecule has 178 valence electrons. The maximum atomic E-state index is 13.5. The minimum absolute atomic E-state index is 0.0328. The van der Waals surface area contributed by atoms with E-state index < -0.39 is 0 Å². The van der Waals surface area contributed by atoms with Crippen molar-refractivity contribution in [3.8, 4) is 0 Å². The van der Waals surface area contributed by atoms with E-state index in [2.05, 4.69) is 17.0 Å². The van der Waals surface area contributed by atoms with Gasteiger partial charge in [-0.15, -0.1) is 0 Å². The van der Waals surface area contributed by atoms with Gasteiger partial charge in [-0.25, -0.2) is 0 Å². The average molecular weight is 454 g/mol. The lowest BCUT2D eigenvalue weighted by Crippen LogP contribution is -2.50. The molecular formula is C26H35N3O4. The molecule has 0 spiro atoms. The Bertz CT molecular complexity index is 871. The van der Waals surface area contributed by atoms with Gasteiger partial charge in [-0.05, 0) is 37.7 Å². The van der Waals surface area contributed by atoms with Crippen molar-refractivity contribution < 1.29 is 19.2 Å². The number of likely N-dealkylation sites (tertiary alicyclic amines) is 3.